The van der Waals surface area contributed by atoms with E-state index in [4.69, 9.17) is 15.0 Å². The van der Waals surface area contributed by atoms with Crippen LogP contribution in [0.3, 0.4) is 0 Å². The average Bonchev–Trinajstić information content (AvgIpc) is 2.94. The van der Waals surface area contributed by atoms with Gasteiger partial charge in [0.15, 0.2) is 12.4 Å². The van der Waals surface area contributed by atoms with Crippen LogP contribution in [-0.4, -0.2) is 10.1 Å². The summed E-state index contributed by atoms with van der Waals surface area (Å²) < 4.78 is 10.8. The lowest BCUT2D eigenvalue weighted by molar-refractivity contribution is 0.241. The second-order valence-electron chi connectivity index (χ2n) is 4.49. The highest BCUT2D eigenvalue weighted by Gasteiger charge is 2.22. The van der Waals surface area contributed by atoms with E-state index in [0.717, 1.165) is 18.6 Å². The van der Waals surface area contributed by atoms with Gasteiger partial charge in [-0.15, -0.1) is 0 Å². The first-order chi connectivity index (χ1) is 8.74. The highest BCUT2D eigenvalue weighted by Crippen LogP contribution is 2.35. The van der Waals surface area contributed by atoms with E-state index in [0.29, 0.717) is 18.3 Å². The Labute approximate surface area is 105 Å². The van der Waals surface area contributed by atoms with Crippen LogP contribution >= 0.6 is 0 Å². The average molecular weight is 245 g/mol. The summed E-state index contributed by atoms with van der Waals surface area (Å²) in [5.41, 5.74) is 8.43. The Morgan fingerprint density at radius 1 is 1.50 bits per heavy atom. The molecule has 1 unspecified atom stereocenters. The predicted octanol–water partition coefficient (Wildman–Crippen LogP) is 1.90. The maximum absolute atomic E-state index is 6.03. The van der Waals surface area contributed by atoms with Crippen molar-refractivity contribution in [1.82, 2.24) is 10.1 Å². The van der Waals surface area contributed by atoms with Crippen LogP contribution in [-0.2, 0) is 13.0 Å². The normalized spacial score (nSPS) is 17.8. The predicted molar refractivity (Wildman–Crippen MR) is 65.1 cm³/mol. The fraction of sp³-hybridized carbons (Fsp3) is 0.385. The highest BCUT2D eigenvalue weighted by molar-refractivity contribution is 5.44. The Kier molecular flexibility index (Phi) is 2.76. The summed E-state index contributed by atoms with van der Waals surface area (Å²) in [6.07, 6.45) is 1.95. The Bertz CT molecular complexity index is 565. The van der Waals surface area contributed by atoms with Gasteiger partial charge in [-0.1, -0.05) is 17.3 Å². The van der Waals surface area contributed by atoms with Gasteiger partial charge in [0, 0.05) is 6.04 Å². The maximum Gasteiger partial charge on any atom is 0.264 e. The quantitative estimate of drug-likeness (QED) is 0.894. The number of fused-ring (bicyclic) bond motifs is 1. The van der Waals surface area contributed by atoms with Gasteiger partial charge in [0.1, 0.15) is 5.75 Å². The maximum atomic E-state index is 6.03. The van der Waals surface area contributed by atoms with Crippen LogP contribution in [0.15, 0.2) is 22.7 Å². The topological polar surface area (TPSA) is 74.2 Å². The standard InChI is InChI=1S/C13H15N3O2/c1-8-15-13(18-16-8)7-17-12-4-2-3-9-10(12)5-6-11(9)14/h2-4,11H,5-7,14H2,1H3. The van der Waals surface area contributed by atoms with Crippen molar-refractivity contribution < 1.29 is 9.26 Å². The molecule has 0 aliphatic heterocycles. The Balaban J connectivity index is 1.78. The van der Waals surface area contributed by atoms with Gasteiger partial charge in [-0.25, -0.2) is 0 Å². The van der Waals surface area contributed by atoms with Gasteiger partial charge in [0.2, 0.25) is 0 Å². The number of ether oxygens (including phenoxy) is 1. The van der Waals surface area contributed by atoms with Crippen LogP contribution in [0.1, 0.15) is 35.3 Å². The minimum absolute atomic E-state index is 0.134. The molecule has 0 fully saturated rings. The van der Waals surface area contributed by atoms with Gasteiger partial charge in [-0.3, -0.25) is 0 Å². The molecular weight excluding hydrogens is 230 g/mol. The Morgan fingerprint density at radius 3 is 3.17 bits per heavy atom. The molecule has 1 aromatic carbocycles. The van der Waals surface area contributed by atoms with Gasteiger partial charge in [0.05, 0.1) is 0 Å². The smallest absolute Gasteiger partial charge is 0.264 e. The molecule has 5 heteroatoms. The number of hydrogen-bond acceptors (Lipinski definition) is 5. The van der Waals surface area contributed by atoms with Gasteiger partial charge in [-0.2, -0.15) is 4.98 Å². The molecule has 2 N–H and O–H groups in total. The molecular formula is C13H15N3O2. The van der Waals surface area contributed by atoms with Crippen LogP contribution in [0.2, 0.25) is 0 Å². The van der Waals surface area contributed by atoms with E-state index < -0.39 is 0 Å². The van der Waals surface area contributed by atoms with Crippen molar-refractivity contribution in [2.24, 2.45) is 5.73 Å². The molecule has 0 radical (unpaired) electrons. The molecule has 0 spiro atoms. The number of benzene rings is 1. The fourth-order valence-electron chi connectivity index (χ4n) is 2.33. The molecule has 0 amide bonds. The first-order valence-corrected chi connectivity index (χ1v) is 6.03. The van der Waals surface area contributed by atoms with E-state index in [9.17, 15) is 0 Å². The number of nitrogens with two attached hydrogens (primary N) is 1. The van der Waals surface area contributed by atoms with Crippen molar-refractivity contribution in [3.05, 3.63) is 41.0 Å². The zero-order valence-electron chi connectivity index (χ0n) is 10.2. The lowest BCUT2D eigenvalue weighted by Crippen LogP contribution is -2.05. The molecule has 1 atom stereocenters. The number of rotatable bonds is 3. The van der Waals surface area contributed by atoms with E-state index in [-0.39, 0.29) is 6.04 Å². The molecule has 1 aromatic heterocycles. The summed E-state index contributed by atoms with van der Waals surface area (Å²) in [6, 6.07) is 6.13. The molecule has 1 heterocycles. The fourth-order valence-corrected chi connectivity index (χ4v) is 2.33. The van der Waals surface area contributed by atoms with E-state index in [2.05, 4.69) is 16.2 Å². The van der Waals surface area contributed by atoms with Crippen molar-refractivity contribution in [2.75, 3.05) is 0 Å². The number of aromatic nitrogens is 2. The number of hydrogen-bond donors (Lipinski definition) is 1. The molecule has 2 aromatic rings. The van der Waals surface area contributed by atoms with Crippen LogP contribution in [0.25, 0.3) is 0 Å². The van der Waals surface area contributed by atoms with Gasteiger partial charge in [-0.05, 0) is 37.0 Å². The minimum atomic E-state index is 0.134. The molecule has 18 heavy (non-hydrogen) atoms. The zero-order valence-corrected chi connectivity index (χ0v) is 10.2. The van der Waals surface area contributed by atoms with Crippen molar-refractivity contribution in [2.45, 2.75) is 32.4 Å². The van der Waals surface area contributed by atoms with Gasteiger partial charge in [0.25, 0.3) is 5.89 Å². The van der Waals surface area contributed by atoms with Crippen LogP contribution in [0.4, 0.5) is 0 Å². The molecule has 0 saturated carbocycles. The molecule has 5 nitrogen and oxygen atoms in total. The van der Waals surface area contributed by atoms with Crippen molar-refractivity contribution in [3.8, 4) is 5.75 Å². The van der Waals surface area contributed by atoms with Crippen LogP contribution in [0, 0.1) is 6.92 Å². The summed E-state index contributed by atoms with van der Waals surface area (Å²) in [7, 11) is 0. The third-order valence-electron chi connectivity index (χ3n) is 3.19. The lowest BCUT2D eigenvalue weighted by atomic mass is 10.1. The largest absolute Gasteiger partial charge is 0.483 e. The van der Waals surface area contributed by atoms with Crippen molar-refractivity contribution in [1.29, 1.82) is 0 Å². The van der Waals surface area contributed by atoms with Gasteiger partial charge >= 0.3 is 0 Å². The first-order valence-electron chi connectivity index (χ1n) is 6.03. The third kappa shape index (κ3) is 1.97. The van der Waals surface area contributed by atoms with E-state index in [1.54, 1.807) is 6.92 Å². The molecule has 0 bridgehead atoms. The Morgan fingerprint density at radius 2 is 2.39 bits per heavy atom. The summed E-state index contributed by atoms with van der Waals surface area (Å²) >= 11 is 0. The molecule has 1 aliphatic rings. The third-order valence-corrected chi connectivity index (χ3v) is 3.19. The SMILES string of the molecule is Cc1noc(COc2cccc3c2CCC3N)n1. The first kappa shape index (κ1) is 11.2. The number of aryl methyl sites for hydroxylation is 1. The van der Waals surface area contributed by atoms with Crippen molar-refractivity contribution >= 4 is 0 Å². The van der Waals surface area contributed by atoms with Crippen molar-refractivity contribution in [3.63, 3.8) is 0 Å². The molecule has 94 valence electrons. The summed E-state index contributed by atoms with van der Waals surface area (Å²) in [4.78, 5) is 4.11. The summed E-state index contributed by atoms with van der Waals surface area (Å²) in [5, 5.41) is 3.73. The van der Waals surface area contributed by atoms with Crippen LogP contribution < -0.4 is 10.5 Å². The van der Waals surface area contributed by atoms with Gasteiger partial charge < -0.3 is 15.0 Å². The molecule has 1 aliphatic carbocycles. The zero-order chi connectivity index (χ0) is 12.5. The van der Waals surface area contributed by atoms with E-state index in [1.807, 2.05) is 12.1 Å². The lowest BCUT2D eigenvalue weighted by Gasteiger charge is -2.09. The highest BCUT2D eigenvalue weighted by atomic mass is 16.5. The minimum Gasteiger partial charge on any atom is -0.483 e. The molecule has 3 rings (SSSR count). The second kappa shape index (κ2) is 4.42. The molecule has 0 saturated heterocycles. The summed E-state index contributed by atoms with van der Waals surface area (Å²) in [6.45, 7) is 2.08. The van der Waals surface area contributed by atoms with E-state index in [1.165, 1.54) is 11.1 Å². The second-order valence-corrected chi connectivity index (χ2v) is 4.49. The number of nitrogens with zero attached hydrogens (tertiary/aromatic N) is 2. The Hall–Kier alpha value is -1.88. The van der Waals surface area contributed by atoms with E-state index >= 15 is 0 Å². The monoisotopic (exact) mass is 245 g/mol. The summed E-state index contributed by atoms with van der Waals surface area (Å²) in [5.74, 6) is 1.98. The van der Waals surface area contributed by atoms with Crippen LogP contribution in [0.5, 0.6) is 5.75 Å².